The van der Waals surface area contributed by atoms with Gasteiger partial charge in [-0.05, 0) is 6.07 Å². The molecule has 0 fully saturated rings. The molecule has 0 aromatic carbocycles. The van der Waals surface area contributed by atoms with Gasteiger partial charge in [0.25, 0.3) is 0 Å². The van der Waals surface area contributed by atoms with E-state index >= 15 is 0 Å². The molecular weight excluding hydrogens is 122 g/mol. The van der Waals surface area contributed by atoms with Crippen molar-refractivity contribution in [3.63, 3.8) is 0 Å². The van der Waals surface area contributed by atoms with Crippen molar-refractivity contribution in [1.29, 1.82) is 0 Å². The molecule has 1 N–H and O–H groups in total. The van der Waals surface area contributed by atoms with Crippen LogP contribution in [0.2, 0.25) is 0 Å². The minimum absolute atomic E-state index is 1.01. The van der Waals surface area contributed by atoms with Crippen LogP contribution in [0.4, 0.5) is 0 Å². The van der Waals surface area contributed by atoms with Crippen molar-refractivity contribution >= 4 is 12.2 Å². The summed E-state index contributed by atoms with van der Waals surface area (Å²) < 4.78 is 0. The Bertz CT molecular complexity index is 224. The lowest BCUT2D eigenvalue weighted by atomic mass is 10.2. The average molecular weight is 132 g/mol. The number of aromatic nitrogens is 1. The molecule has 0 aliphatic carbocycles. The zero-order chi connectivity index (χ0) is 7.40. The topological polar surface area (TPSA) is 14.1 Å². The molecular formula is C9H10N+. The van der Waals surface area contributed by atoms with E-state index in [0.717, 1.165) is 11.3 Å². The van der Waals surface area contributed by atoms with E-state index < -0.39 is 0 Å². The number of aromatic amines is 1. The number of hydrogen-bond donors (Lipinski definition) is 0. The van der Waals surface area contributed by atoms with Gasteiger partial charge < -0.3 is 0 Å². The molecule has 1 rings (SSSR count). The van der Waals surface area contributed by atoms with E-state index in [0.29, 0.717) is 0 Å². The van der Waals surface area contributed by atoms with Crippen LogP contribution in [0.25, 0.3) is 12.2 Å². The molecule has 1 aromatic heterocycles. The maximum absolute atomic E-state index is 3.67. The van der Waals surface area contributed by atoms with Crippen molar-refractivity contribution in [3.05, 3.63) is 42.7 Å². The third kappa shape index (κ3) is 1.13. The van der Waals surface area contributed by atoms with Gasteiger partial charge in [-0.15, -0.1) is 0 Å². The minimum Gasteiger partial charge on any atom is -0.211 e. The van der Waals surface area contributed by atoms with E-state index in [1.54, 1.807) is 12.2 Å². The number of pyridine rings is 1. The highest BCUT2D eigenvalue weighted by molar-refractivity contribution is 5.57. The van der Waals surface area contributed by atoms with Gasteiger partial charge in [-0.25, -0.2) is 4.98 Å². The van der Waals surface area contributed by atoms with E-state index in [1.807, 2.05) is 18.3 Å². The van der Waals surface area contributed by atoms with Gasteiger partial charge in [0.1, 0.15) is 0 Å². The van der Waals surface area contributed by atoms with Crippen molar-refractivity contribution < 1.29 is 4.98 Å². The molecule has 0 bridgehead atoms. The lowest BCUT2D eigenvalue weighted by Crippen LogP contribution is -2.06. The molecule has 0 aliphatic rings. The summed E-state index contributed by atoms with van der Waals surface area (Å²) in [5.41, 5.74) is 2.09. The Kier molecular flexibility index (Phi) is 2.00. The fourth-order valence-electron chi connectivity index (χ4n) is 0.818. The minimum atomic E-state index is 1.01. The van der Waals surface area contributed by atoms with Crippen LogP contribution in [0.15, 0.2) is 31.5 Å². The molecule has 1 aromatic rings. The summed E-state index contributed by atoms with van der Waals surface area (Å²) in [6.07, 6.45) is 5.44. The first kappa shape index (κ1) is 6.75. The molecule has 0 amide bonds. The van der Waals surface area contributed by atoms with Crippen LogP contribution in [0, 0.1) is 0 Å². The third-order valence-electron chi connectivity index (χ3n) is 1.35. The molecule has 0 spiro atoms. The second-order valence-corrected chi connectivity index (χ2v) is 1.95. The summed E-state index contributed by atoms with van der Waals surface area (Å²) in [6, 6.07) is 3.92. The van der Waals surface area contributed by atoms with Gasteiger partial charge in [0.05, 0.1) is 0 Å². The van der Waals surface area contributed by atoms with E-state index in [2.05, 4.69) is 18.1 Å². The Balaban J connectivity index is 3.20. The monoisotopic (exact) mass is 132 g/mol. The van der Waals surface area contributed by atoms with E-state index in [4.69, 9.17) is 0 Å². The number of nitrogens with one attached hydrogen (secondary N) is 1. The van der Waals surface area contributed by atoms with Gasteiger partial charge >= 0.3 is 0 Å². The first-order chi connectivity index (χ1) is 4.88. The molecule has 0 radical (unpaired) electrons. The Morgan fingerprint density at radius 1 is 1.30 bits per heavy atom. The van der Waals surface area contributed by atoms with Crippen molar-refractivity contribution in [3.8, 4) is 0 Å². The van der Waals surface area contributed by atoms with Crippen molar-refractivity contribution in [1.82, 2.24) is 0 Å². The smallest absolute Gasteiger partial charge is 0.210 e. The predicted octanol–water partition coefficient (Wildman–Crippen LogP) is 1.79. The molecule has 0 saturated carbocycles. The van der Waals surface area contributed by atoms with Crippen molar-refractivity contribution in [2.75, 3.05) is 0 Å². The molecule has 1 heteroatoms. The van der Waals surface area contributed by atoms with E-state index in [1.165, 1.54) is 0 Å². The fourth-order valence-corrected chi connectivity index (χ4v) is 0.818. The molecule has 0 atom stereocenters. The SMILES string of the molecule is C=Cc1ccc[nH+]c1C=C. The summed E-state index contributed by atoms with van der Waals surface area (Å²) in [5.74, 6) is 0. The number of hydrogen-bond acceptors (Lipinski definition) is 0. The van der Waals surface area contributed by atoms with E-state index in [9.17, 15) is 0 Å². The summed E-state index contributed by atoms with van der Waals surface area (Å²) in [7, 11) is 0. The van der Waals surface area contributed by atoms with Gasteiger partial charge in [0.15, 0.2) is 6.20 Å². The number of H-pyrrole nitrogens is 1. The Morgan fingerprint density at radius 2 is 2.10 bits per heavy atom. The van der Waals surface area contributed by atoms with Crippen LogP contribution in [-0.4, -0.2) is 0 Å². The summed E-state index contributed by atoms with van der Waals surface area (Å²) >= 11 is 0. The third-order valence-corrected chi connectivity index (χ3v) is 1.35. The Morgan fingerprint density at radius 3 is 2.60 bits per heavy atom. The lowest BCUT2D eigenvalue weighted by molar-refractivity contribution is -0.381. The molecule has 1 heterocycles. The first-order valence-corrected chi connectivity index (χ1v) is 3.14. The van der Waals surface area contributed by atoms with Gasteiger partial charge in [-0.3, -0.25) is 0 Å². The highest BCUT2D eigenvalue weighted by atomic mass is 14.7. The second kappa shape index (κ2) is 2.97. The quantitative estimate of drug-likeness (QED) is 0.582. The second-order valence-electron chi connectivity index (χ2n) is 1.95. The Hall–Kier alpha value is -1.37. The zero-order valence-electron chi connectivity index (χ0n) is 5.80. The van der Waals surface area contributed by atoms with Gasteiger partial charge in [-0.1, -0.05) is 19.2 Å². The molecule has 0 aliphatic heterocycles. The molecule has 10 heavy (non-hydrogen) atoms. The Labute approximate surface area is 60.7 Å². The predicted molar refractivity (Wildman–Crippen MR) is 43.2 cm³/mol. The molecule has 0 saturated heterocycles. The van der Waals surface area contributed by atoms with Gasteiger partial charge in [0, 0.05) is 17.7 Å². The number of rotatable bonds is 2. The first-order valence-electron chi connectivity index (χ1n) is 3.14. The van der Waals surface area contributed by atoms with Crippen LogP contribution in [0.5, 0.6) is 0 Å². The lowest BCUT2D eigenvalue weighted by Gasteiger charge is -1.89. The summed E-state index contributed by atoms with van der Waals surface area (Å²) in [6.45, 7) is 7.33. The normalized spacial score (nSPS) is 8.80. The van der Waals surface area contributed by atoms with Crippen LogP contribution in [0.1, 0.15) is 11.3 Å². The summed E-state index contributed by atoms with van der Waals surface area (Å²) in [4.78, 5) is 3.05. The largest absolute Gasteiger partial charge is 0.211 e. The van der Waals surface area contributed by atoms with Gasteiger partial charge in [-0.2, -0.15) is 0 Å². The maximum Gasteiger partial charge on any atom is 0.210 e. The standard InChI is InChI=1S/C9H9N/c1-3-8-6-5-7-10-9(8)4-2/h3-7H,1-2H2/p+1. The molecule has 50 valence electrons. The van der Waals surface area contributed by atoms with Gasteiger partial charge in [0.2, 0.25) is 5.69 Å². The molecule has 0 unspecified atom stereocenters. The highest BCUT2D eigenvalue weighted by Gasteiger charge is 1.98. The summed E-state index contributed by atoms with van der Waals surface area (Å²) in [5, 5.41) is 0. The molecule has 1 nitrogen and oxygen atoms in total. The fraction of sp³-hybridized carbons (Fsp3) is 0. The van der Waals surface area contributed by atoms with Crippen LogP contribution in [-0.2, 0) is 0 Å². The highest BCUT2D eigenvalue weighted by Crippen LogP contribution is 2.03. The zero-order valence-corrected chi connectivity index (χ0v) is 5.80. The maximum atomic E-state index is 3.67. The van der Waals surface area contributed by atoms with Crippen LogP contribution >= 0.6 is 0 Å². The van der Waals surface area contributed by atoms with Crippen LogP contribution in [0.3, 0.4) is 0 Å². The van der Waals surface area contributed by atoms with Crippen LogP contribution < -0.4 is 4.98 Å². The average Bonchev–Trinajstić information content (AvgIpc) is 2.04. The van der Waals surface area contributed by atoms with E-state index in [-0.39, 0.29) is 0 Å². The van der Waals surface area contributed by atoms with Crippen molar-refractivity contribution in [2.45, 2.75) is 0 Å². The van der Waals surface area contributed by atoms with Crippen molar-refractivity contribution in [2.24, 2.45) is 0 Å².